The molecule has 0 saturated carbocycles. The zero-order valence-corrected chi connectivity index (χ0v) is 12.9. The van der Waals surface area contributed by atoms with Gasteiger partial charge in [0.25, 0.3) is 0 Å². The maximum atomic E-state index is 5.43. The molecule has 2 aromatic rings. The van der Waals surface area contributed by atoms with Crippen molar-refractivity contribution in [2.45, 2.75) is 32.5 Å². The molecule has 1 aliphatic heterocycles. The van der Waals surface area contributed by atoms with Crippen LogP contribution in [0.2, 0.25) is 0 Å². The molecular weight excluding hydrogens is 270 g/mol. The number of hydrogen-bond donors (Lipinski definition) is 0. The largest absolute Gasteiger partial charge is 0.384 e. The van der Waals surface area contributed by atoms with Gasteiger partial charge in [0.15, 0.2) is 0 Å². The number of nitrogens with zero attached hydrogens (tertiary/aromatic N) is 3. The first-order valence-electron chi connectivity index (χ1n) is 7.10. The Hall–Kier alpha value is -1.17. The monoisotopic (exact) mass is 291 g/mol. The molecule has 0 radical (unpaired) electrons. The maximum Gasteiger partial charge on any atom is 0.0558 e. The molecule has 0 aromatic carbocycles. The van der Waals surface area contributed by atoms with Gasteiger partial charge in [0.2, 0.25) is 0 Å². The van der Waals surface area contributed by atoms with Gasteiger partial charge in [-0.1, -0.05) is 6.07 Å². The molecule has 1 atom stereocenters. The average Bonchev–Trinajstić information content (AvgIpc) is 3.08. The molecule has 2 aromatic heterocycles. The van der Waals surface area contributed by atoms with Crippen molar-refractivity contribution in [3.63, 3.8) is 0 Å². The molecule has 3 heterocycles. The summed E-state index contributed by atoms with van der Waals surface area (Å²) in [7, 11) is 1.78. The molecule has 1 unspecified atom stereocenters. The molecule has 0 saturated heterocycles. The minimum absolute atomic E-state index is 0.422. The third-order valence-electron chi connectivity index (χ3n) is 3.85. The van der Waals surface area contributed by atoms with E-state index in [1.807, 2.05) is 17.5 Å². The Morgan fingerprint density at radius 2 is 2.40 bits per heavy atom. The van der Waals surface area contributed by atoms with Gasteiger partial charge in [-0.05, 0) is 18.4 Å². The van der Waals surface area contributed by atoms with E-state index in [0.29, 0.717) is 5.92 Å². The molecule has 0 bridgehead atoms. The lowest BCUT2D eigenvalue weighted by molar-refractivity contribution is 0.132. The topological polar surface area (TPSA) is 30.3 Å². The molecule has 20 heavy (non-hydrogen) atoms. The van der Waals surface area contributed by atoms with Crippen LogP contribution in [0.3, 0.4) is 0 Å². The maximum absolute atomic E-state index is 5.43. The van der Waals surface area contributed by atoms with Gasteiger partial charge in [0.05, 0.1) is 12.8 Å². The summed E-state index contributed by atoms with van der Waals surface area (Å²) in [6.07, 6.45) is 2.03. The quantitative estimate of drug-likeness (QED) is 0.848. The number of hydrogen-bond acceptors (Lipinski definition) is 4. The van der Waals surface area contributed by atoms with Gasteiger partial charge in [-0.15, -0.1) is 11.3 Å². The van der Waals surface area contributed by atoms with Crippen molar-refractivity contribution in [2.24, 2.45) is 0 Å². The summed E-state index contributed by atoms with van der Waals surface area (Å²) in [5.41, 5.74) is 2.73. The molecule has 1 aliphatic rings. The number of rotatable bonds is 5. The fraction of sp³-hybridized carbons (Fsp3) is 0.533. The summed E-state index contributed by atoms with van der Waals surface area (Å²) in [5.74, 6) is 0.422. The number of methoxy groups -OCH3 is 1. The fourth-order valence-electron chi connectivity index (χ4n) is 3.06. The van der Waals surface area contributed by atoms with Crippen molar-refractivity contribution in [2.75, 3.05) is 20.3 Å². The van der Waals surface area contributed by atoms with Crippen LogP contribution in [0.15, 0.2) is 23.7 Å². The highest BCUT2D eigenvalue weighted by Gasteiger charge is 2.29. The first kappa shape index (κ1) is 13.8. The van der Waals surface area contributed by atoms with E-state index in [1.54, 1.807) is 7.11 Å². The van der Waals surface area contributed by atoms with Gasteiger partial charge < -0.3 is 4.74 Å². The standard InChI is InChI=1S/C15H21N3OS/c1-3-18-15-12(7-16-18)8-17(9-13(15)11-19-2)10-14-5-4-6-20-14/h4-7,13H,3,8-11H2,1-2H3. The van der Waals surface area contributed by atoms with Crippen LogP contribution >= 0.6 is 11.3 Å². The van der Waals surface area contributed by atoms with Crippen LogP contribution in [-0.4, -0.2) is 34.9 Å². The zero-order valence-electron chi connectivity index (χ0n) is 12.1. The summed E-state index contributed by atoms with van der Waals surface area (Å²) in [6, 6.07) is 4.33. The summed E-state index contributed by atoms with van der Waals surface area (Å²) in [6.45, 7) is 6.90. The lowest BCUT2D eigenvalue weighted by Crippen LogP contribution is -2.35. The third kappa shape index (κ3) is 2.66. The molecule has 3 rings (SSSR count). The fourth-order valence-corrected chi connectivity index (χ4v) is 3.81. The van der Waals surface area contributed by atoms with Crippen LogP contribution < -0.4 is 0 Å². The van der Waals surface area contributed by atoms with Gasteiger partial charge in [-0.2, -0.15) is 5.10 Å². The van der Waals surface area contributed by atoms with Gasteiger partial charge in [0, 0.05) is 55.3 Å². The van der Waals surface area contributed by atoms with Crippen LogP contribution in [-0.2, 0) is 24.4 Å². The molecule has 108 valence electrons. The lowest BCUT2D eigenvalue weighted by Gasteiger charge is -2.32. The predicted octanol–water partition coefficient (Wildman–Crippen LogP) is 2.71. The van der Waals surface area contributed by atoms with E-state index < -0.39 is 0 Å². The highest BCUT2D eigenvalue weighted by Crippen LogP contribution is 2.30. The molecule has 0 amide bonds. The molecule has 0 aliphatic carbocycles. The summed E-state index contributed by atoms with van der Waals surface area (Å²) in [4.78, 5) is 3.92. The second kappa shape index (κ2) is 6.08. The van der Waals surface area contributed by atoms with E-state index in [-0.39, 0.29) is 0 Å². The van der Waals surface area contributed by atoms with Crippen molar-refractivity contribution in [1.82, 2.24) is 14.7 Å². The van der Waals surface area contributed by atoms with E-state index in [0.717, 1.165) is 32.8 Å². The first-order valence-corrected chi connectivity index (χ1v) is 7.98. The molecular formula is C15H21N3OS. The Labute approximate surface area is 124 Å². The van der Waals surface area contributed by atoms with E-state index in [9.17, 15) is 0 Å². The molecule has 0 spiro atoms. The smallest absolute Gasteiger partial charge is 0.0558 e. The Balaban J connectivity index is 1.81. The minimum atomic E-state index is 0.422. The number of fused-ring (bicyclic) bond motifs is 1. The second-order valence-corrected chi connectivity index (χ2v) is 6.30. The van der Waals surface area contributed by atoms with Crippen LogP contribution in [0.4, 0.5) is 0 Å². The van der Waals surface area contributed by atoms with Gasteiger partial charge in [-0.25, -0.2) is 0 Å². The third-order valence-corrected chi connectivity index (χ3v) is 4.71. The average molecular weight is 291 g/mol. The normalized spacial score (nSPS) is 19.2. The number of aromatic nitrogens is 2. The summed E-state index contributed by atoms with van der Waals surface area (Å²) < 4.78 is 7.55. The van der Waals surface area contributed by atoms with Crippen molar-refractivity contribution in [3.8, 4) is 0 Å². The lowest BCUT2D eigenvalue weighted by atomic mass is 9.97. The summed E-state index contributed by atoms with van der Waals surface area (Å²) in [5, 5.41) is 6.66. The molecule has 0 fully saturated rings. The van der Waals surface area contributed by atoms with Gasteiger partial charge in [-0.3, -0.25) is 9.58 Å². The molecule has 5 heteroatoms. The van der Waals surface area contributed by atoms with E-state index in [1.165, 1.54) is 16.1 Å². The highest BCUT2D eigenvalue weighted by atomic mass is 32.1. The number of aryl methyl sites for hydroxylation is 1. The zero-order chi connectivity index (χ0) is 13.9. The van der Waals surface area contributed by atoms with Crippen LogP contribution in [0, 0.1) is 0 Å². The minimum Gasteiger partial charge on any atom is -0.384 e. The van der Waals surface area contributed by atoms with Crippen LogP contribution in [0.5, 0.6) is 0 Å². The Bertz CT molecular complexity index is 549. The van der Waals surface area contributed by atoms with Crippen LogP contribution in [0.1, 0.15) is 29.0 Å². The first-order chi connectivity index (χ1) is 9.81. The van der Waals surface area contributed by atoms with E-state index >= 15 is 0 Å². The van der Waals surface area contributed by atoms with Crippen molar-refractivity contribution in [3.05, 3.63) is 39.8 Å². The Kier molecular flexibility index (Phi) is 4.19. The van der Waals surface area contributed by atoms with Gasteiger partial charge >= 0.3 is 0 Å². The SMILES string of the molecule is CCn1ncc2c1C(COC)CN(Cc1cccs1)C2. The molecule has 0 N–H and O–H groups in total. The van der Waals surface area contributed by atoms with Crippen molar-refractivity contribution < 1.29 is 4.74 Å². The number of ether oxygens (including phenoxy) is 1. The number of thiophene rings is 1. The van der Waals surface area contributed by atoms with Crippen LogP contribution in [0.25, 0.3) is 0 Å². The highest BCUT2D eigenvalue weighted by molar-refractivity contribution is 7.09. The van der Waals surface area contributed by atoms with E-state index in [2.05, 4.69) is 39.1 Å². The summed E-state index contributed by atoms with van der Waals surface area (Å²) >= 11 is 1.83. The van der Waals surface area contributed by atoms with Gasteiger partial charge in [0.1, 0.15) is 0 Å². The molecule has 4 nitrogen and oxygen atoms in total. The van der Waals surface area contributed by atoms with Crippen molar-refractivity contribution in [1.29, 1.82) is 0 Å². The van der Waals surface area contributed by atoms with E-state index in [4.69, 9.17) is 4.74 Å². The Morgan fingerprint density at radius 1 is 1.50 bits per heavy atom. The Morgan fingerprint density at radius 3 is 3.10 bits per heavy atom. The predicted molar refractivity (Wildman–Crippen MR) is 81.0 cm³/mol. The second-order valence-electron chi connectivity index (χ2n) is 5.27. The van der Waals surface area contributed by atoms with Crippen molar-refractivity contribution >= 4 is 11.3 Å².